The van der Waals surface area contributed by atoms with Gasteiger partial charge in [0, 0.05) is 19.2 Å². The molecule has 0 atom stereocenters. The number of amides is 1. The van der Waals surface area contributed by atoms with E-state index in [1.54, 1.807) is 11.2 Å². The maximum absolute atomic E-state index is 12.7. The number of hydrogen-bond donors (Lipinski definition) is 1. The van der Waals surface area contributed by atoms with Crippen molar-refractivity contribution >= 4 is 11.9 Å². The zero-order valence-electron chi connectivity index (χ0n) is 14.5. The number of hydrogen-bond acceptors (Lipinski definition) is 5. The second-order valence-electron chi connectivity index (χ2n) is 6.35. The first kappa shape index (κ1) is 17.0. The number of carbonyl (C=O) groups is 2. The molecule has 0 spiro atoms. The summed E-state index contributed by atoms with van der Waals surface area (Å²) in [4.78, 5) is 25.4. The zero-order chi connectivity index (χ0) is 18.8. The maximum atomic E-state index is 12.7. The number of aryl methyl sites for hydroxylation is 2. The third kappa shape index (κ3) is 3.43. The summed E-state index contributed by atoms with van der Waals surface area (Å²) in [5.74, 6) is -0.693. The van der Waals surface area contributed by atoms with E-state index >= 15 is 0 Å². The Morgan fingerprint density at radius 1 is 1.19 bits per heavy atom. The average Bonchev–Trinajstić information content (AvgIpc) is 3.30. The number of aromatic nitrogens is 5. The van der Waals surface area contributed by atoms with Crippen molar-refractivity contribution in [3.05, 3.63) is 65.5 Å². The Hall–Kier alpha value is -3.49. The molecule has 1 N–H and O–H groups in total. The van der Waals surface area contributed by atoms with Crippen LogP contribution < -0.4 is 0 Å². The summed E-state index contributed by atoms with van der Waals surface area (Å²) in [5, 5.41) is 21.1. The van der Waals surface area contributed by atoms with Crippen molar-refractivity contribution in [3.63, 3.8) is 0 Å². The van der Waals surface area contributed by atoms with Crippen LogP contribution in [0.1, 0.15) is 32.4 Å². The third-order valence-electron chi connectivity index (χ3n) is 4.60. The lowest BCUT2D eigenvalue weighted by atomic mass is 10.1. The Kier molecular flexibility index (Phi) is 4.41. The van der Waals surface area contributed by atoms with Gasteiger partial charge < -0.3 is 14.6 Å². The van der Waals surface area contributed by atoms with Gasteiger partial charge in [0.1, 0.15) is 12.0 Å². The second kappa shape index (κ2) is 7.02. The molecule has 3 heterocycles. The molecule has 1 aromatic carbocycles. The quantitative estimate of drug-likeness (QED) is 0.699. The van der Waals surface area contributed by atoms with Gasteiger partial charge in [-0.05, 0) is 12.0 Å². The van der Waals surface area contributed by atoms with Crippen LogP contribution in [0.4, 0.5) is 0 Å². The minimum Gasteiger partial charge on any atom is -0.476 e. The van der Waals surface area contributed by atoms with Crippen LogP contribution in [-0.4, -0.2) is 53.0 Å². The lowest BCUT2D eigenvalue weighted by Gasteiger charge is -2.27. The molecule has 3 aromatic rings. The zero-order valence-corrected chi connectivity index (χ0v) is 14.5. The molecular weight excluding hydrogens is 348 g/mol. The Morgan fingerprint density at radius 3 is 2.78 bits per heavy atom. The lowest BCUT2D eigenvalue weighted by molar-refractivity contribution is 0.0666. The van der Waals surface area contributed by atoms with Crippen molar-refractivity contribution < 1.29 is 14.7 Å². The molecule has 138 valence electrons. The standard InChI is InChI=1S/C18H18N6O3/c25-17-15-10-14(18(26)27)21-24(15)9-8-22(17)11-16-20-19-12-23(16)7-6-13-4-2-1-3-5-13/h1-5,10,12H,6-9,11H2,(H,26,27). The van der Waals surface area contributed by atoms with Crippen LogP contribution in [0.2, 0.25) is 0 Å². The van der Waals surface area contributed by atoms with E-state index in [2.05, 4.69) is 27.4 Å². The van der Waals surface area contributed by atoms with Crippen LogP contribution in [0.25, 0.3) is 0 Å². The molecule has 4 rings (SSSR count). The molecule has 2 aromatic heterocycles. The Morgan fingerprint density at radius 2 is 2.00 bits per heavy atom. The largest absolute Gasteiger partial charge is 0.476 e. The first-order chi connectivity index (χ1) is 13.1. The topological polar surface area (TPSA) is 106 Å². The van der Waals surface area contributed by atoms with Crippen LogP contribution in [0.15, 0.2) is 42.7 Å². The van der Waals surface area contributed by atoms with Crippen molar-refractivity contribution in [2.24, 2.45) is 0 Å². The monoisotopic (exact) mass is 366 g/mol. The highest BCUT2D eigenvalue weighted by Gasteiger charge is 2.28. The number of carbonyl (C=O) groups excluding carboxylic acids is 1. The molecule has 1 aliphatic heterocycles. The highest BCUT2D eigenvalue weighted by Crippen LogP contribution is 2.16. The van der Waals surface area contributed by atoms with Gasteiger partial charge in [0.05, 0.1) is 13.1 Å². The molecule has 1 aliphatic rings. The minimum absolute atomic E-state index is 0.119. The van der Waals surface area contributed by atoms with Gasteiger partial charge in [-0.3, -0.25) is 9.48 Å². The van der Waals surface area contributed by atoms with E-state index in [0.29, 0.717) is 25.5 Å². The summed E-state index contributed by atoms with van der Waals surface area (Å²) >= 11 is 0. The molecule has 0 saturated heterocycles. The molecule has 0 bridgehead atoms. The summed E-state index contributed by atoms with van der Waals surface area (Å²) in [5.41, 5.74) is 1.39. The summed E-state index contributed by atoms with van der Waals surface area (Å²) in [7, 11) is 0. The summed E-state index contributed by atoms with van der Waals surface area (Å²) < 4.78 is 3.39. The minimum atomic E-state index is -1.14. The molecule has 0 saturated carbocycles. The van der Waals surface area contributed by atoms with E-state index in [-0.39, 0.29) is 17.3 Å². The Bertz CT molecular complexity index is 978. The fraction of sp³-hybridized carbons (Fsp3) is 0.278. The van der Waals surface area contributed by atoms with Crippen LogP contribution >= 0.6 is 0 Å². The number of carboxylic acid groups (broad SMARTS) is 1. The van der Waals surface area contributed by atoms with E-state index in [4.69, 9.17) is 5.11 Å². The van der Waals surface area contributed by atoms with Gasteiger partial charge in [0.2, 0.25) is 0 Å². The van der Waals surface area contributed by atoms with Gasteiger partial charge in [-0.2, -0.15) is 5.10 Å². The van der Waals surface area contributed by atoms with E-state index < -0.39 is 5.97 Å². The van der Waals surface area contributed by atoms with Crippen molar-refractivity contribution in [1.82, 2.24) is 29.4 Å². The molecular formula is C18H18N6O3. The van der Waals surface area contributed by atoms with E-state index in [1.807, 2.05) is 22.8 Å². The normalized spacial score (nSPS) is 13.6. The van der Waals surface area contributed by atoms with E-state index in [1.165, 1.54) is 16.3 Å². The predicted octanol–water partition coefficient (Wildman–Crippen LogP) is 1.07. The van der Waals surface area contributed by atoms with Crippen molar-refractivity contribution in [2.45, 2.75) is 26.1 Å². The second-order valence-corrected chi connectivity index (χ2v) is 6.35. The highest BCUT2D eigenvalue weighted by atomic mass is 16.4. The summed E-state index contributed by atoms with van der Waals surface area (Å²) in [6, 6.07) is 11.4. The average molecular weight is 366 g/mol. The van der Waals surface area contributed by atoms with Crippen LogP contribution in [0.3, 0.4) is 0 Å². The molecule has 0 fully saturated rings. The van der Waals surface area contributed by atoms with Gasteiger partial charge in [0.25, 0.3) is 5.91 Å². The van der Waals surface area contributed by atoms with Gasteiger partial charge in [-0.1, -0.05) is 30.3 Å². The lowest BCUT2D eigenvalue weighted by Crippen LogP contribution is -2.40. The SMILES string of the molecule is O=C(O)c1cc2n(n1)CCN(Cc1nncn1CCc1ccccc1)C2=O. The van der Waals surface area contributed by atoms with Crippen molar-refractivity contribution in [3.8, 4) is 0 Å². The number of benzene rings is 1. The molecule has 9 heteroatoms. The number of carboxylic acids is 1. The van der Waals surface area contributed by atoms with Gasteiger partial charge in [-0.25, -0.2) is 4.79 Å². The number of nitrogens with zero attached hydrogens (tertiary/aromatic N) is 6. The molecule has 1 amide bonds. The summed E-state index contributed by atoms with van der Waals surface area (Å²) in [6.07, 6.45) is 2.51. The highest BCUT2D eigenvalue weighted by molar-refractivity contribution is 5.96. The van der Waals surface area contributed by atoms with E-state index in [0.717, 1.165) is 13.0 Å². The van der Waals surface area contributed by atoms with Crippen molar-refractivity contribution in [1.29, 1.82) is 0 Å². The van der Waals surface area contributed by atoms with Gasteiger partial charge in [0.15, 0.2) is 11.5 Å². The number of rotatable bonds is 6. The van der Waals surface area contributed by atoms with Crippen LogP contribution in [-0.2, 0) is 26.1 Å². The maximum Gasteiger partial charge on any atom is 0.356 e. The fourth-order valence-electron chi connectivity index (χ4n) is 3.15. The molecule has 0 radical (unpaired) electrons. The van der Waals surface area contributed by atoms with Gasteiger partial charge >= 0.3 is 5.97 Å². The van der Waals surface area contributed by atoms with E-state index in [9.17, 15) is 9.59 Å². The Balaban J connectivity index is 1.46. The fourth-order valence-corrected chi connectivity index (χ4v) is 3.15. The first-order valence-electron chi connectivity index (χ1n) is 8.63. The molecule has 27 heavy (non-hydrogen) atoms. The predicted molar refractivity (Wildman–Crippen MR) is 94.1 cm³/mol. The first-order valence-corrected chi connectivity index (χ1v) is 8.63. The third-order valence-corrected chi connectivity index (χ3v) is 4.60. The summed E-state index contributed by atoms with van der Waals surface area (Å²) in [6.45, 7) is 1.93. The van der Waals surface area contributed by atoms with Crippen LogP contribution in [0.5, 0.6) is 0 Å². The molecule has 0 unspecified atom stereocenters. The van der Waals surface area contributed by atoms with Gasteiger partial charge in [-0.15, -0.1) is 10.2 Å². The van der Waals surface area contributed by atoms with Crippen molar-refractivity contribution in [2.75, 3.05) is 6.54 Å². The molecule has 0 aliphatic carbocycles. The smallest absolute Gasteiger partial charge is 0.356 e. The number of fused-ring (bicyclic) bond motifs is 1. The molecule has 9 nitrogen and oxygen atoms in total. The Labute approximate surface area is 154 Å². The number of aromatic carboxylic acids is 1. The van der Waals surface area contributed by atoms with Crippen LogP contribution in [0, 0.1) is 0 Å².